The van der Waals surface area contributed by atoms with Crippen LogP contribution in [0.25, 0.3) is 0 Å². The van der Waals surface area contributed by atoms with Crippen LogP contribution in [0.5, 0.6) is 0 Å². The molecule has 4 rings (SSSR count). The summed E-state index contributed by atoms with van der Waals surface area (Å²) >= 11 is 1.77. The van der Waals surface area contributed by atoms with Crippen LogP contribution >= 0.6 is 11.3 Å². The summed E-state index contributed by atoms with van der Waals surface area (Å²) in [5.41, 5.74) is 0.697. The van der Waals surface area contributed by atoms with Crippen molar-refractivity contribution in [3.05, 3.63) is 52.5 Å². The lowest BCUT2D eigenvalue weighted by Gasteiger charge is -2.39. The fourth-order valence-electron chi connectivity index (χ4n) is 5.11. The lowest BCUT2D eigenvalue weighted by molar-refractivity contribution is -0.933. The molecule has 0 bridgehead atoms. The Bertz CT molecular complexity index is 814. The zero-order valence-electron chi connectivity index (χ0n) is 17.8. The SMILES string of the molecule is C[C@@H](NC(=O)C1CCCCC1)[C@@H](c1cccs1)[NH+]1CCN(c2ccccc2F)CC1. The van der Waals surface area contributed by atoms with E-state index in [2.05, 4.69) is 34.7 Å². The largest absolute Gasteiger partial charge is 0.358 e. The van der Waals surface area contributed by atoms with Crippen LogP contribution in [0, 0.1) is 11.7 Å². The molecule has 2 N–H and O–H groups in total. The van der Waals surface area contributed by atoms with E-state index in [0.29, 0.717) is 5.69 Å². The van der Waals surface area contributed by atoms with Crippen LogP contribution in [0.4, 0.5) is 10.1 Å². The van der Waals surface area contributed by atoms with Crippen molar-refractivity contribution in [1.29, 1.82) is 0 Å². The first kappa shape index (κ1) is 21.3. The van der Waals surface area contributed by atoms with Gasteiger partial charge in [-0.15, -0.1) is 11.3 Å². The van der Waals surface area contributed by atoms with Gasteiger partial charge in [-0.05, 0) is 43.3 Å². The Morgan fingerprint density at radius 3 is 2.53 bits per heavy atom. The molecule has 30 heavy (non-hydrogen) atoms. The molecule has 0 radical (unpaired) electrons. The van der Waals surface area contributed by atoms with Gasteiger partial charge in [-0.2, -0.15) is 0 Å². The molecule has 1 saturated heterocycles. The highest BCUT2D eigenvalue weighted by Gasteiger charge is 2.35. The first-order valence-corrected chi connectivity index (χ1v) is 12.2. The van der Waals surface area contributed by atoms with Gasteiger partial charge in [0.2, 0.25) is 5.91 Å². The van der Waals surface area contributed by atoms with Crippen LogP contribution in [0.3, 0.4) is 0 Å². The second-order valence-electron chi connectivity index (χ2n) is 8.72. The van der Waals surface area contributed by atoms with Crippen LogP contribution < -0.4 is 15.1 Å². The summed E-state index contributed by atoms with van der Waals surface area (Å²) in [5, 5.41) is 5.48. The van der Waals surface area contributed by atoms with Gasteiger partial charge in [0, 0.05) is 5.92 Å². The van der Waals surface area contributed by atoms with Gasteiger partial charge in [0.25, 0.3) is 0 Å². The molecule has 1 saturated carbocycles. The molecule has 2 aliphatic rings. The van der Waals surface area contributed by atoms with Gasteiger partial charge in [-0.25, -0.2) is 4.39 Å². The smallest absolute Gasteiger partial charge is 0.223 e. The second-order valence-corrected chi connectivity index (χ2v) is 9.70. The van der Waals surface area contributed by atoms with E-state index in [0.717, 1.165) is 39.0 Å². The molecule has 1 aliphatic heterocycles. The molecule has 2 aromatic rings. The van der Waals surface area contributed by atoms with E-state index in [-0.39, 0.29) is 29.7 Å². The van der Waals surface area contributed by atoms with Crippen molar-refractivity contribution in [3.8, 4) is 0 Å². The second kappa shape index (κ2) is 9.92. The number of amides is 1. The van der Waals surface area contributed by atoms with E-state index < -0.39 is 0 Å². The van der Waals surface area contributed by atoms with E-state index in [4.69, 9.17) is 0 Å². The molecule has 0 spiro atoms. The summed E-state index contributed by atoms with van der Waals surface area (Å²) < 4.78 is 14.2. The monoisotopic (exact) mass is 430 g/mol. The lowest BCUT2D eigenvalue weighted by atomic mass is 9.88. The Kier molecular flexibility index (Phi) is 7.05. The molecular formula is C24H33FN3OS+. The number of carbonyl (C=O) groups is 1. The summed E-state index contributed by atoms with van der Waals surface area (Å²) in [5.74, 6) is 0.259. The maximum absolute atomic E-state index is 14.2. The van der Waals surface area contributed by atoms with E-state index in [1.807, 2.05) is 12.1 Å². The minimum Gasteiger partial charge on any atom is -0.358 e. The van der Waals surface area contributed by atoms with Crippen molar-refractivity contribution in [2.45, 2.75) is 51.1 Å². The van der Waals surface area contributed by atoms with E-state index in [1.54, 1.807) is 17.4 Å². The number of benzene rings is 1. The predicted molar refractivity (Wildman–Crippen MR) is 121 cm³/mol. The molecule has 6 heteroatoms. The number of hydrogen-bond donors (Lipinski definition) is 2. The van der Waals surface area contributed by atoms with Crippen LogP contribution in [0.1, 0.15) is 49.9 Å². The standard InChI is InChI=1S/C24H32FN3OS/c1-18(26-24(29)19-8-3-2-4-9-19)23(22-12-7-17-30-22)28-15-13-27(14-16-28)21-11-6-5-10-20(21)25/h5-7,10-12,17-19,23H,2-4,8-9,13-16H2,1H3,(H,26,29)/p+1/t18-,23+/m1/s1. The fraction of sp³-hybridized carbons (Fsp3) is 0.542. The molecule has 0 unspecified atom stereocenters. The van der Waals surface area contributed by atoms with Gasteiger partial charge in [-0.3, -0.25) is 4.79 Å². The maximum atomic E-state index is 14.2. The van der Waals surface area contributed by atoms with Crippen molar-refractivity contribution in [3.63, 3.8) is 0 Å². The number of quaternary nitrogens is 1. The third-order valence-electron chi connectivity index (χ3n) is 6.73. The number of nitrogens with one attached hydrogen (secondary N) is 2. The zero-order valence-corrected chi connectivity index (χ0v) is 18.6. The minimum absolute atomic E-state index is 0.0769. The van der Waals surface area contributed by atoms with Gasteiger partial charge in [0.05, 0.1) is 42.8 Å². The van der Waals surface area contributed by atoms with Crippen molar-refractivity contribution in [2.75, 3.05) is 31.1 Å². The molecule has 2 heterocycles. The lowest BCUT2D eigenvalue weighted by Crippen LogP contribution is -3.16. The van der Waals surface area contributed by atoms with Gasteiger partial charge >= 0.3 is 0 Å². The van der Waals surface area contributed by atoms with E-state index >= 15 is 0 Å². The Morgan fingerprint density at radius 1 is 1.13 bits per heavy atom. The average Bonchev–Trinajstić information content (AvgIpc) is 3.30. The van der Waals surface area contributed by atoms with Crippen molar-refractivity contribution in [2.24, 2.45) is 5.92 Å². The Labute approximate surface area is 183 Å². The normalized spacial score (nSPS) is 20.7. The number of para-hydroxylation sites is 1. The van der Waals surface area contributed by atoms with Crippen LogP contribution in [0.2, 0.25) is 0 Å². The fourth-order valence-corrected chi connectivity index (χ4v) is 6.10. The van der Waals surface area contributed by atoms with E-state index in [1.165, 1.54) is 35.1 Å². The van der Waals surface area contributed by atoms with Crippen molar-refractivity contribution in [1.82, 2.24) is 5.32 Å². The predicted octanol–water partition coefficient (Wildman–Crippen LogP) is 3.42. The van der Waals surface area contributed by atoms with Gasteiger partial charge in [0.1, 0.15) is 11.9 Å². The van der Waals surface area contributed by atoms with Crippen LogP contribution in [-0.4, -0.2) is 38.1 Å². The Hall–Kier alpha value is -1.92. The Morgan fingerprint density at radius 2 is 1.87 bits per heavy atom. The van der Waals surface area contributed by atoms with Gasteiger partial charge < -0.3 is 15.1 Å². The molecule has 162 valence electrons. The number of halogens is 1. The van der Waals surface area contributed by atoms with Crippen molar-refractivity contribution < 1.29 is 14.1 Å². The molecule has 2 fully saturated rings. The number of carbonyl (C=O) groups excluding carboxylic acids is 1. The molecular weight excluding hydrogens is 397 g/mol. The molecule has 1 aromatic carbocycles. The number of nitrogens with zero attached hydrogens (tertiary/aromatic N) is 1. The third-order valence-corrected chi connectivity index (χ3v) is 7.69. The van der Waals surface area contributed by atoms with Crippen LogP contribution in [-0.2, 0) is 4.79 Å². The topological polar surface area (TPSA) is 36.8 Å². The first-order chi connectivity index (χ1) is 14.6. The average molecular weight is 431 g/mol. The number of thiophene rings is 1. The number of piperazine rings is 1. The summed E-state index contributed by atoms with van der Waals surface area (Å²) in [6.07, 6.45) is 5.65. The highest BCUT2D eigenvalue weighted by atomic mass is 32.1. The molecule has 1 amide bonds. The Balaban J connectivity index is 1.43. The molecule has 1 aliphatic carbocycles. The summed E-state index contributed by atoms with van der Waals surface area (Å²) in [4.78, 5) is 17.8. The highest BCUT2D eigenvalue weighted by Crippen LogP contribution is 2.26. The summed E-state index contributed by atoms with van der Waals surface area (Å²) in [6.45, 7) is 5.66. The zero-order chi connectivity index (χ0) is 20.9. The molecule has 4 nitrogen and oxygen atoms in total. The number of rotatable bonds is 6. The van der Waals surface area contributed by atoms with Crippen LogP contribution in [0.15, 0.2) is 41.8 Å². The minimum atomic E-state index is -0.149. The van der Waals surface area contributed by atoms with E-state index in [9.17, 15) is 9.18 Å². The third kappa shape index (κ3) is 4.86. The maximum Gasteiger partial charge on any atom is 0.223 e. The molecule has 2 atom stereocenters. The number of anilines is 1. The van der Waals surface area contributed by atoms with Gasteiger partial charge in [0.15, 0.2) is 0 Å². The first-order valence-electron chi connectivity index (χ1n) is 11.3. The van der Waals surface area contributed by atoms with Gasteiger partial charge in [-0.1, -0.05) is 37.5 Å². The number of hydrogen-bond acceptors (Lipinski definition) is 3. The quantitative estimate of drug-likeness (QED) is 0.737. The molecule has 1 aromatic heterocycles. The summed E-state index contributed by atoms with van der Waals surface area (Å²) in [6, 6.07) is 11.6. The highest BCUT2D eigenvalue weighted by molar-refractivity contribution is 7.10. The van der Waals surface area contributed by atoms with Crippen molar-refractivity contribution >= 4 is 22.9 Å². The summed E-state index contributed by atoms with van der Waals surface area (Å²) in [7, 11) is 0.